The normalized spacial score (nSPS) is 20.2. The highest BCUT2D eigenvalue weighted by Crippen LogP contribution is 2.35. The Labute approximate surface area is 169 Å². The fraction of sp³-hybridized carbons (Fsp3) is 0.667. The van der Waals surface area contributed by atoms with Gasteiger partial charge in [-0.2, -0.15) is 13.2 Å². The van der Waals surface area contributed by atoms with E-state index in [2.05, 4.69) is 9.80 Å². The number of nitrogens with zero attached hydrogens (tertiary/aromatic N) is 3. The standard InChI is InChI=1S/C21H29F4N3O/c1-16(29)15-27-9-6-17(7-10-27)5-8-26-11-13-28(14-12-26)19-4-2-3-18(20(19)22)21(23,24)25/h2-4,17H,5-15H2,1H3. The first-order chi connectivity index (χ1) is 13.7. The Hall–Kier alpha value is -1.67. The van der Waals surface area contributed by atoms with Gasteiger partial charge in [-0.15, -0.1) is 0 Å². The maximum absolute atomic E-state index is 14.4. The summed E-state index contributed by atoms with van der Waals surface area (Å²) in [5.41, 5.74) is -1.16. The lowest BCUT2D eigenvalue weighted by Crippen LogP contribution is -2.47. The largest absolute Gasteiger partial charge is 0.419 e. The number of anilines is 1. The van der Waals surface area contributed by atoms with E-state index in [0.717, 1.165) is 58.1 Å². The number of benzene rings is 1. The zero-order valence-electron chi connectivity index (χ0n) is 16.8. The van der Waals surface area contributed by atoms with E-state index in [0.29, 0.717) is 25.6 Å². The van der Waals surface area contributed by atoms with Crippen LogP contribution in [-0.2, 0) is 11.0 Å². The molecule has 0 radical (unpaired) electrons. The van der Waals surface area contributed by atoms with Crippen molar-refractivity contribution in [2.45, 2.75) is 32.4 Å². The summed E-state index contributed by atoms with van der Waals surface area (Å²) < 4.78 is 53.2. The van der Waals surface area contributed by atoms with Crippen LogP contribution in [-0.4, -0.2) is 67.9 Å². The molecule has 2 saturated heterocycles. The first-order valence-corrected chi connectivity index (χ1v) is 10.3. The van der Waals surface area contributed by atoms with Crippen LogP contribution in [0.15, 0.2) is 18.2 Å². The third-order valence-corrected chi connectivity index (χ3v) is 6.00. The summed E-state index contributed by atoms with van der Waals surface area (Å²) in [6, 6.07) is 3.48. The van der Waals surface area contributed by atoms with Gasteiger partial charge in [0, 0.05) is 26.2 Å². The molecule has 4 nitrogen and oxygen atoms in total. The number of ketones is 1. The van der Waals surface area contributed by atoms with Gasteiger partial charge in [0.2, 0.25) is 0 Å². The van der Waals surface area contributed by atoms with Crippen LogP contribution in [0.1, 0.15) is 31.7 Å². The molecule has 3 rings (SSSR count). The predicted octanol–water partition coefficient (Wildman–Crippen LogP) is 3.66. The van der Waals surface area contributed by atoms with Crippen molar-refractivity contribution in [3.8, 4) is 0 Å². The number of carbonyl (C=O) groups excluding carboxylic acids is 1. The Morgan fingerprint density at radius 3 is 2.28 bits per heavy atom. The number of piperidine rings is 1. The van der Waals surface area contributed by atoms with Gasteiger partial charge in [0.25, 0.3) is 0 Å². The second kappa shape index (κ2) is 9.43. The summed E-state index contributed by atoms with van der Waals surface area (Å²) in [4.78, 5) is 17.4. The summed E-state index contributed by atoms with van der Waals surface area (Å²) in [7, 11) is 0. The molecule has 1 aromatic rings. The lowest BCUT2D eigenvalue weighted by atomic mass is 9.93. The van der Waals surface area contributed by atoms with Crippen molar-refractivity contribution in [3.05, 3.63) is 29.6 Å². The summed E-state index contributed by atoms with van der Waals surface area (Å²) in [6.45, 7) is 7.54. The van der Waals surface area contributed by atoms with E-state index in [9.17, 15) is 22.4 Å². The number of likely N-dealkylation sites (tertiary alicyclic amines) is 1. The molecule has 0 bridgehead atoms. The third kappa shape index (κ3) is 5.92. The van der Waals surface area contributed by atoms with E-state index in [1.165, 1.54) is 12.1 Å². The predicted molar refractivity (Wildman–Crippen MR) is 105 cm³/mol. The maximum atomic E-state index is 14.4. The van der Waals surface area contributed by atoms with Crippen LogP contribution in [0.3, 0.4) is 0 Å². The summed E-state index contributed by atoms with van der Waals surface area (Å²) in [5, 5.41) is 0. The molecule has 0 atom stereocenters. The van der Waals surface area contributed by atoms with Gasteiger partial charge in [0.1, 0.15) is 5.78 Å². The van der Waals surface area contributed by atoms with Crippen LogP contribution in [0.25, 0.3) is 0 Å². The number of Topliss-reactive ketones (excluding diaryl/α,β-unsaturated/α-hetero) is 1. The Morgan fingerprint density at radius 2 is 1.69 bits per heavy atom. The lowest BCUT2D eigenvalue weighted by molar-refractivity contribution is -0.139. The number of carbonyl (C=O) groups is 1. The molecule has 0 amide bonds. The minimum absolute atomic E-state index is 0.0392. The molecule has 0 saturated carbocycles. The lowest BCUT2D eigenvalue weighted by Gasteiger charge is -2.38. The van der Waals surface area contributed by atoms with Gasteiger partial charge in [0.15, 0.2) is 5.82 Å². The Kier molecular flexibility index (Phi) is 7.16. The molecule has 2 heterocycles. The van der Waals surface area contributed by atoms with Crippen molar-refractivity contribution in [3.63, 3.8) is 0 Å². The molecule has 1 aromatic carbocycles. The molecule has 2 fully saturated rings. The van der Waals surface area contributed by atoms with Gasteiger partial charge in [-0.3, -0.25) is 14.6 Å². The van der Waals surface area contributed by atoms with Crippen molar-refractivity contribution in [2.75, 3.05) is 57.3 Å². The summed E-state index contributed by atoms with van der Waals surface area (Å²) in [6.07, 6.45) is -1.39. The smallest absolute Gasteiger partial charge is 0.367 e. The Bertz CT molecular complexity index is 694. The molecule has 0 spiro atoms. The number of alkyl halides is 3. The van der Waals surface area contributed by atoms with Crippen molar-refractivity contribution in [1.29, 1.82) is 0 Å². The van der Waals surface area contributed by atoms with Crippen LogP contribution in [0, 0.1) is 11.7 Å². The fourth-order valence-electron chi connectivity index (χ4n) is 4.31. The number of rotatable bonds is 6. The van der Waals surface area contributed by atoms with Gasteiger partial charge in [-0.05, 0) is 63.9 Å². The number of halogens is 4. The van der Waals surface area contributed by atoms with Crippen molar-refractivity contribution < 1.29 is 22.4 Å². The minimum atomic E-state index is -4.68. The SMILES string of the molecule is CC(=O)CN1CCC(CCN2CCN(c3cccc(C(F)(F)F)c3F)CC2)CC1. The number of hydrogen-bond acceptors (Lipinski definition) is 4. The average molecular weight is 415 g/mol. The fourth-order valence-corrected chi connectivity index (χ4v) is 4.31. The Balaban J connectivity index is 1.44. The van der Waals surface area contributed by atoms with Crippen LogP contribution >= 0.6 is 0 Å². The van der Waals surface area contributed by atoms with Gasteiger partial charge >= 0.3 is 6.18 Å². The molecule has 29 heavy (non-hydrogen) atoms. The molecule has 162 valence electrons. The first kappa shape index (κ1) is 22.0. The van der Waals surface area contributed by atoms with Crippen LogP contribution < -0.4 is 4.90 Å². The topological polar surface area (TPSA) is 26.8 Å². The molecule has 0 unspecified atom stereocenters. The molecular formula is C21H29F4N3O. The Morgan fingerprint density at radius 1 is 1.03 bits per heavy atom. The first-order valence-electron chi connectivity index (χ1n) is 10.3. The van der Waals surface area contributed by atoms with Crippen LogP contribution in [0.5, 0.6) is 0 Å². The zero-order chi connectivity index (χ0) is 21.0. The van der Waals surface area contributed by atoms with Gasteiger partial charge < -0.3 is 4.90 Å². The molecule has 0 N–H and O–H groups in total. The van der Waals surface area contributed by atoms with Crippen molar-refractivity contribution in [1.82, 2.24) is 9.80 Å². The molecule has 2 aliphatic rings. The van der Waals surface area contributed by atoms with E-state index in [-0.39, 0.29) is 11.5 Å². The van der Waals surface area contributed by atoms with Gasteiger partial charge in [-0.1, -0.05) is 6.07 Å². The highest BCUT2D eigenvalue weighted by Gasteiger charge is 2.36. The number of piperazine rings is 1. The highest BCUT2D eigenvalue weighted by atomic mass is 19.4. The molecule has 8 heteroatoms. The second-order valence-corrected chi connectivity index (χ2v) is 8.18. The van der Waals surface area contributed by atoms with Crippen molar-refractivity contribution in [2.24, 2.45) is 5.92 Å². The average Bonchev–Trinajstić information content (AvgIpc) is 2.67. The maximum Gasteiger partial charge on any atom is 0.419 e. The van der Waals surface area contributed by atoms with Gasteiger partial charge in [-0.25, -0.2) is 4.39 Å². The van der Waals surface area contributed by atoms with E-state index >= 15 is 0 Å². The summed E-state index contributed by atoms with van der Waals surface area (Å²) in [5.74, 6) is -0.318. The second-order valence-electron chi connectivity index (χ2n) is 8.18. The molecule has 2 aliphatic heterocycles. The molecule has 0 aliphatic carbocycles. The summed E-state index contributed by atoms with van der Waals surface area (Å²) >= 11 is 0. The van der Waals surface area contributed by atoms with E-state index in [4.69, 9.17) is 0 Å². The zero-order valence-corrected chi connectivity index (χ0v) is 16.8. The molecular weight excluding hydrogens is 386 g/mol. The quantitative estimate of drug-likeness (QED) is 0.663. The monoisotopic (exact) mass is 415 g/mol. The molecule has 0 aromatic heterocycles. The highest BCUT2D eigenvalue weighted by molar-refractivity contribution is 5.77. The minimum Gasteiger partial charge on any atom is -0.367 e. The number of hydrogen-bond donors (Lipinski definition) is 0. The van der Waals surface area contributed by atoms with Crippen LogP contribution in [0.4, 0.5) is 23.2 Å². The van der Waals surface area contributed by atoms with E-state index < -0.39 is 17.6 Å². The van der Waals surface area contributed by atoms with Crippen LogP contribution in [0.2, 0.25) is 0 Å². The van der Waals surface area contributed by atoms with E-state index in [1.54, 1.807) is 11.8 Å². The van der Waals surface area contributed by atoms with Gasteiger partial charge in [0.05, 0.1) is 17.8 Å². The van der Waals surface area contributed by atoms with Crippen molar-refractivity contribution >= 4 is 11.5 Å². The van der Waals surface area contributed by atoms with E-state index in [1.807, 2.05) is 0 Å². The third-order valence-electron chi connectivity index (χ3n) is 6.00.